The van der Waals surface area contributed by atoms with E-state index in [1.54, 1.807) is 43.3 Å². The molecule has 1 unspecified atom stereocenters. The van der Waals surface area contributed by atoms with Crippen LogP contribution in [0.25, 0.3) is 0 Å². The van der Waals surface area contributed by atoms with E-state index in [4.69, 9.17) is 33.3 Å². The Balaban J connectivity index is 1.63. The minimum Gasteiger partial charge on any atom is -0.481 e. The first-order valence-electron chi connectivity index (χ1n) is 12.4. The Morgan fingerprint density at radius 3 is 2.26 bits per heavy atom. The standard InChI is InChI=1S/C27H26Cl2F3N3O4/c1-15(16-2-4-17(5-3-16)24(38)33-11-8-22(36)37)35-25(39)23(18-12-20(28)14-21(29)13-18)34-26(35)9-6-19(7-10-26)27(30,31)32/h2-5,12-15,19H,6-11H2,1H3,(H,33,38)(H,36,37). The number of nitrogens with one attached hydrogen (secondary N) is 1. The van der Waals surface area contributed by atoms with E-state index in [0.29, 0.717) is 26.7 Å². The molecule has 0 aromatic heterocycles. The van der Waals surface area contributed by atoms with Gasteiger partial charge in [-0.2, -0.15) is 13.2 Å². The van der Waals surface area contributed by atoms with Crippen LogP contribution in [0.1, 0.15) is 66.6 Å². The van der Waals surface area contributed by atoms with Crippen molar-refractivity contribution in [1.29, 1.82) is 0 Å². The zero-order valence-electron chi connectivity index (χ0n) is 20.9. The van der Waals surface area contributed by atoms with E-state index in [9.17, 15) is 27.6 Å². The van der Waals surface area contributed by atoms with Crippen molar-refractivity contribution in [2.75, 3.05) is 6.54 Å². The second-order valence-corrected chi connectivity index (χ2v) is 10.7. The average Bonchev–Trinajstić information content (AvgIpc) is 3.13. The Hall–Kier alpha value is -3.11. The number of halogens is 5. The number of carboxylic acids is 1. The van der Waals surface area contributed by atoms with Crippen molar-refractivity contribution in [3.63, 3.8) is 0 Å². The number of hydrogen-bond acceptors (Lipinski definition) is 4. The van der Waals surface area contributed by atoms with Gasteiger partial charge in [0, 0.05) is 27.7 Å². The number of aliphatic imine (C=N–C) groups is 1. The van der Waals surface area contributed by atoms with Gasteiger partial charge >= 0.3 is 12.1 Å². The Bertz CT molecular complexity index is 1290. The lowest BCUT2D eigenvalue weighted by Gasteiger charge is -2.44. The van der Waals surface area contributed by atoms with Gasteiger partial charge in [0.05, 0.1) is 18.4 Å². The Kier molecular flexibility index (Phi) is 8.28. The van der Waals surface area contributed by atoms with E-state index in [-0.39, 0.29) is 44.4 Å². The lowest BCUT2D eigenvalue weighted by Crippen LogP contribution is -2.51. The number of carbonyl (C=O) groups excluding carboxylic acids is 2. The zero-order chi connectivity index (χ0) is 28.5. The van der Waals surface area contributed by atoms with Crippen LogP contribution in [-0.4, -0.2) is 51.9 Å². The summed E-state index contributed by atoms with van der Waals surface area (Å²) in [7, 11) is 0. The summed E-state index contributed by atoms with van der Waals surface area (Å²) < 4.78 is 40.4. The minimum atomic E-state index is -4.32. The first kappa shape index (κ1) is 28.9. The van der Waals surface area contributed by atoms with Crippen LogP contribution in [0.4, 0.5) is 13.2 Å². The van der Waals surface area contributed by atoms with Crippen LogP contribution in [0.2, 0.25) is 10.0 Å². The van der Waals surface area contributed by atoms with E-state index in [1.165, 1.54) is 11.0 Å². The average molecular weight is 584 g/mol. The molecule has 2 aromatic carbocycles. The van der Waals surface area contributed by atoms with Crippen LogP contribution in [0, 0.1) is 5.92 Å². The highest BCUT2D eigenvalue weighted by Gasteiger charge is 2.54. The number of aliphatic carboxylic acids is 1. The van der Waals surface area contributed by atoms with E-state index in [2.05, 4.69) is 5.32 Å². The molecule has 39 heavy (non-hydrogen) atoms. The Morgan fingerprint density at radius 2 is 1.72 bits per heavy atom. The van der Waals surface area contributed by atoms with Crippen molar-refractivity contribution in [2.24, 2.45) is 10.9 Å². The molecule has 2 aliphatic rings. The molecule has 1 aliphatic carbocycles. The molecule has 1 heterocycles. The third kappa shape index (κ3) is 6.22. The number of carboxylic acid groups (broad SMARTS) is 1. The van der Waals surface area contributed by atoms with E-state index in [0.717, 1.165) is 0 Å². The van der Waals surface area contributed by atoms with Crippen LogP contribution in [0.3, 0.4) is 0 Å². The summed E-state index contributed by atoms with van der Waals surface area (Å²) in [5, 5.41) is 11.9. The van der Waals surface area contributed by atoms with Crippen LogP contribution in [0.15, 0.2) is 47.5 Å². The molecule has 2 N–H and O–H groups in total. The summed E-state index contributed by atoms with van der Waals surface area (Å²) in [5.74, 6) is -3.39. The molecule has 0 radical (unpaired) electrons. The van der Waals surface area contributed by atoms with E-state index < -0.39 is 41.6 Å². The van der Waals surface area contributed by atoms with Crippen LogP contribution < -0.4 is 5.32 Å². The van der Waals surface area contributed by atoms with E-state index in [1.807, 2.05) is 0 Å². The Morgan fingerprint density at radius 1 is 1.13 bits per heavy atom. The van der Waals surface area contributed by atoms with Gasteiger partial charge in [-0.3, -0.25) is 19.4 Å². The van der Waals surface area contributed by atoms with Gasteiger partial charge in [-0.1, -0.05) is 35.3 Å². The summed E-state index contributed by atoms with van der Waals surface area (Å²) >= 11 is 12.3. The highest BCUT2D eigenvalue weighted by molar-refractivity contribution is 6.47. The fraction of sp³-hybridized carbons (Fsp3) is 0.407. The smallest absolute Gasteiger partial charge is 0.391 e. The number of carbonyl (C=O) groups is 3. The molecule has 2 amide bonds. The van der Waals surface area contributed by atoms with Crippen molar-refractivity contribution in [3.8, 4) is 0 Å². The summed E-state index contributed by atoms with van der Waals surface area (Å²) in [6, 6.07) is 10.4. The third-order valence-electron chi connectivity index (χ3n) is 7.24. The molecule has 2 aromatic rings. The second kappa shape index (κ2) is 11.2. The molecule has 7 nitrogen and oxygen atoms in total. The normalized spacial score (nSPS) is 22.1. The minimum absolute atomic E-state index is 0.0241. The molecule has 1 saturated carbocycles. The summed E-state index contributed by atoms with van der Waals surface area (Å²) in [4.78, 5) is 43.1. The number of nitrogens with zero attached hydrogens (tertiary/aromatic N) is 2. The summed E-state index contributed by atoms with van der Waals surface area (Å²) in [6.45, 7) is 1.74. The maximum Gasteiger partial charge on any atom is 0.391 e. The molecule has 1 atom stereocenters. The highest BCUT2D eigenvalue weighted by Crippen LogP contribution is 2.49. The lowest BCUT2D eigenvalue weighted by molar-refractivity contribution is -0.188. The maximum atomic E-state index is 13.8. The first-order chi connectivity index (χ1) is 18.3. The van der Waals surface area contributed by atoms with E-state index >= 15 is 0 Å². The SMILES string of the molecule is CC(c1ccc(C(=O)NCCC(=O)O)cc1)N1C(=O)C(c2cc(Cl)cc(Cl)c2)=NC12CCC(C(F)(F)F)CC2. The molecule has 208 valence electrons. The van der Waals surface area contributed by atoms with Gasteiger partial charge in [0.2, 0.25) is 0 Å². The quantitative estimate of drug-likeness (QED) is 0.415. The van der Waals surface area contributed by atoms with Crippen molar-refractivity contribution in [3.05, 3.63) is 69.2 Å². The van der Waals surface area contributed by atoms with Gasteiger partial charge in [-0.25, -0.2) is 0 Å². The highest BCUT2D eigenvalue weighted by atomic mass is 35.5. The first-order valence-corrected chi connectivity index (χ1v) is 13.1. The van der Waals surface area contributed by atoms with Crippen molar-refractivity contribution < 1.29 is 32.7 Å². The number of rotatable bonds is 7. The van der Waals surface area contributed by atoms with Gasteiger partial charge in [0.25, 0.3) is 11.8 Å². The molecule has 1 fully saturated rings. The molecular weight excluding hydrogens is 558 g/mol. The van der Waals surface area contributed by atoms with Gasteiger partial charge < -0.3 is 15.3 Å². The maximum absolute atomic E-state index is 13.8. The third-order valence-corrected chi connectivity index (χ3v) is 7.68. The Labute approximate surface area is 233 Å². The number of hydrogen-bond donors (Lipinski definition) is 2. The molecule has 0 saturated heterocycles. The molecule has 4 rings (SSSR count). The predicted molar refractivity (Wildman–Crippen MR) is 140 cm³/mol. The van der Waals surface area contributed by atoms with Crippen molar-refractivity contribution in [2.45, 2.75) is 56.9 Å². The number of amides is 2. The summed E-state index contributed by atoms with van der Waals surface area (Å²) in [5.41, 5.74) is 0.261. The van der Waals surface area contributed by atoms with Gasteiger partial charge in [0.15, 0.2) is 0 Å². The van der Waals surface area contributed by atoms with Gasteiger partial charge in [0.1, 0.15) is 11.4 Å². The largest absolute Gasteiger partial charge is 0.481 e. The monoisotopic (exact) mass is 583 g/mol. The van der Waals surface area contributed by atoms with Crippen LogP contribution >= 0.6 is 23.2 Å². The number of alkyl halides is 3. The number of benzene rings is 2. The molecule has 1 spiro atoms. The molecular formula is C27H26Cl2F3N3O4. The summed E-state index contributed by atoms with van der Waals surface area (Å²) in [6.07, 6.45) is -4.79. The zero-order valence-corrected chi connectivity index (χ0v) is 22.4. The van der Waals surface area contributed by atoms with Crippen LogP contribution in [-0.2, 0) is 9.59 Å². The van der Waals surface area contributed by atoms with Gasteiger partial charge in [-0.15, -0.1) is 0 Å². The lowest BCUT2D eigenvalue weighted by atomic mass is 9.80. The fourth-order valence-electron chi connectivity index (χ4n) is 5.24. The van der Waals surface area contributed by atoms with Gasteiger partial charge in [-0.05, 0) is 68.5 Å². The molecule has 12 heteroatoms. The molecule has 0 bridgehead atoms. The topological polar surface area (TPSA) is 99.1 Å². The van der Waals surface area contributed by atoms with Crippen molar-refractivity contribution >= 4 is 46.7 Å². The molecule has 1 aliphatic heterocycles. The fourth-order valence-corrected chi connectivity index (χ4v) is 5.76. The second-order valence-electron chi connectivity index (χ2n) is 9.79. The van der Waals surface area contributed by atoms with Crippen LogP contribution in [0.5, 0.6) is 0 Å². The van der Waals surface area contributed by atoms with Crippen molar-refractivity contribution in [1.82, 2.24) is 10.2 Å². The predicted octanol–water partition coefficient (Wildman–Crippen LogP) is 6.04.